The van der Waals surface area contributed by atoms with Crippen LogP contribution in [0.4, 0.5) is 0 Å². The van der Waals surface area contributed by atoms with Crippen LogP contribution in [0.2, 0.25) is 0 Å². The maximum Gasteiger partial charge on any atom is 0.306 e. The summed E-state index contributed by atoms with van der Waals surface area (Å²) in [5, 5.41) is 72.1. The third-order valence-electron chi connectivity index (χ3n) is 13.7. The van der Waals surface area contributed by atoms with Crippen LogP contribution in [0.5, 0.6) is 0 Å². The highest BCUT2D eigenvalue weighted by atomic mass is 16.7. The van der Waals surface area contributed by atoms with Gasteiger partial charge in [-0.15, -0.1) is 0 Å². The van der Waals surface area contributed by atoms with E-state index >= 15 is 0 Å². The zero-order valence-electron chi connectivity index (χ0n) is 43.8. The normalized spacial score (nSPS) is 25.4. The van der Waals surface area contributed by atoms with Crippen LogP contribution in [0.25, 0.3) is 0 Å². The number of unbranched alkanes of at least 4 members (excludes halogenated alkanes) is 29. The fourth-order valence-corrected chi connectivity index (χ4v) is 9.10. The Balaban J connectivity index is 1.72. The number of carbonyl (C=O) groups excluding carboxylic acids is 2. The molecule has 70 heavy (non-hydrogen) atoms. The SMILES string of the molecule is CCCCCCCCCC/C=C\CCCCCCCCCCCCCC(=O)OC(COC(=O)CCCCCCCCCCCCC)COC1OC(COC2OC(CO)C(O)C(O)C2O)C(O)C(O)C1O. The fraction of sp³-hybridized carbons (Fsp3) is 0.927. The summed E-state index contributed by atoms with van der Waals surface area (Å²) >= 11 is 0. The van der Waals surface area contributed by atoms with Gasteiger partial charge in [-0.3, -0.25) is 9.59 Å². The molecule has 15 nitrogen and oxygen atoms in total. The van der Waals surface area contributed by atoms with E-state index in [9.17, 15) is 45.3 Å². The molecule has 7 N–H and O–H groups in total. The van der Waals surface area contributed by atoms with E-state index in [1.54, 1.807) is 0 Å². The van der Waals surface area contributed by atoms with Crippen LogP contribution in [-0.4, -0.2) is 142 Å². The van der Waals surface area contributed by atoms with Gasteiger partial charge in [-0.05, 0) is 38.5 Å². The van der Waals surface area contributed by atoms with Crippen molar-refractivity contribution in [2.75, 3.05) is 26.4 Å². The average molecular weight is 1000 g/mol. The highest BCUT2D eigenvalue weighted by Gasteiger charge is 2.47. The summed E-state index contributed by atoms with van der Waals surface area (Å²) in [6.07, 6.45) is 26.7. The number of allylic oxidation sites excluding steroid dienone is 2. The van der Waals surface area contributed by atoms with E-state index in [1.165, 1.54) is 154 Å². The number of carbonyl (C=O) groups is 2. The zero-order valence-corrected chi connectivity index (χ0v) is 43.8. The maximum absolute atomic E-state index is 13.0. The lowest BCUT2D eigenvalue weighted by atomic mass is 9.98. The third kappa shape index (κ3) is 29.8. The lowest BCUT2D eigenvalue weighted by Gasteiger charge is -2.42. The summed E-state index contributed by atoms with van der Waals surface area (Å²) < 4.78 is 33.6. The lowest BCUT2D eigenvalue weighted by Crippen LogP contribution is -2.61. The van der Waals surface area contributed by atoms with Gasteiger partial charge in [-0.1, -0.05) is 193 Å². The minimum atomic E-state index is -1.76. The van der Waals surface area contributed by atoms with Gasteiger partial charge >= 0.3 is 11.9 Å². The van der Waals surface area contributed by atoms with Crippen LogP contribution < -0.4 is 0 Å². The molecule has 2 saturated heterocycles. The van der Waals surface area contributed by atoms with E-state index in [0.29, 0.717) is 12.8 Å². The van der Waals surface area contributed by atoms with Gasteiger partial charge < -0.3 is 64.2 Å². The highest BCUT2D eigenvalue weighted by Crippen LogP contribution is 2.27. The van der Waals surface area contributed by atoms with E-state index in [4.69, 9.17) is 28.4 Å². The number of hydrogen-bond donors (Lipinski definition) is 7. The Morgan fingerprint density at radius 3 is 1.26 bits per heavy atom. The van der Waals surface area contributed by atoms with Crippen LogP contribution in [0.15, 0.2) is 12.2 Å². The predicted molar refractivity (Wildman–Crippen MR) is 271 cm³/mol. The smallest absolute Gasteiger partial charge is 0.306 e. The van der Waals surface area contributed by atoms with E-state index in [2.05, 4.69) is 26.0 Å². The van der Waals surface area contributed by atoms with E-state index in [-0.39, 0.29) is 26.1 Å². The van der Waals surface area contributed by atoms with Crippen LogP contribution in [0.1, 0.15) is 232 Å². The summed E-state index contributed by atoms with van der Waals surface area (Å²) in [5.74, 6) is -0.914. The molecule has 2 aliphatic rings. The van der Waals surface area contributed by atoms with Crippen molar-refractivity contribution in [2.45, 2.75) is 300 Å². The molecule has 412 valence electrons. The number of rotatable bonds is 45. The first-order chi connectivity index (χ1) is 34.0. The largest absolute Gasteiger partial charge is 0.462 e. The van der Waals surface area contributed by atoms with Crippen molar-refractivity contribution >= 4 is 11.9 Å². The second kappa shape index (κ2) is 42.6. The van der Waals surface area contributed by atoms with Crippen LogP contribution in [-0.2, 0) is 38.0 Å². The summed E-state index contributed by atoms with van der Waals surface area (Å²) in [4.78, 5) is 25.8. The van der Waals surface area contributed by atoms with Gasteiger partial charge in [0.1, 0.15) is 55.4 Å². The second-order valence-electron chi connectivity index (χ2n) is 20.1. The molecule has 0 saturated carbocycles. The third-order valence-corrected chi connectivity index (χ3v) is 13.7. The predicted octanol–water partition coefficient (Wildman–Crippen LogP) is 8.94. The Morgan fingerprint density at radius 1 is 0.443 bits per heavy atom. The van der Waals surface area contributed by atoms with Crippen molar-refractivity contribution in [3.8, 4) is 0 Å². The number of hydrogen-bond acceptors (Lipinski definition) is 15. The quantitative estimate of drug-likeness (QED) is 0.0172. The molecule has 0 aromatic heterocycles. The molecule has 2 fully saturated rings. The monoisotopic (exact) mass is 1000 g/mol. The zero-order chi connectivity index (χ0) is 51.0. The van der Waals surface area contributed by atoms with Gasteiger partial charge in [-0.25, -0.2) is 0 Å². The van der Waals surface area contributed by atoms with Gasteiger partial charge in [0.05, 0.1) is 19.8 Å². The van der Waals surface area contributed by atoms with Gasteiger partial charge in [0.25, 0.3) is 0 Å². The fourth-order valence-electron chi connectivity index (χ4n) is 9.10. The van der Waals surface area contributed by atoms with Crippen LogP contribution in [0, 0.1) is 0 Å². The molecule has 0 amide bonds. The van der Waals surface area contributed by atoms with Crippen LogP contribution in [0.3, 0.4) is 0 Å². The van der Waals surface area contributed by atoms with E-state index in [1.807, 2.05) is 0 Å². The molecule has 0 aliphatic carbocycles. The van der Waals surface area contributed by atoms with Crippen molar-refractivity contribution in [3.63, 3.8) is 0 Å². The molecule has 11 unspecified atom stereocenters. The topological polar surface area (TPSA) is 231 Å². The van der Waals surface area contributed by atoms with Gasteiger partial charge in [0.2, 0.25) is 0 Å². The van der Waals surface area contributed by atoms with Crippen molar-refractivity contribution < 1.29 is 73.8 Å². The van der Waals surface area contributed by atoms with Gasteiger partial charge in [-0.2, -0.15) is 0 Å². The Morgan fingerprint density at radius 2 is 0.814 bits per heavy atom. The molecular formula is C55H102O15. The molecule has 0 spiro atoms. The summed E-state index contributed by atoms with van der Waals surface area (Å²) in [6.45, 7) is 2.61. The first-order valence-electron chi connectivity index (χ1n) is 28.3. The van der Waals surface area contributed by atoms with Gasteiger partial charge in [0.15, 0.2) is 18.7 Å². The summed E-state index contributed by atoms with van der Waals surface area (Å²) in [6, 6.07) is 0. The van der Waals surface area contributed by atoms with Crippen molar-refractivity contribution in [3.05, 3.63) is 12.2 Å². The van der Waals surface area contributed by atoms with Crippen molar-refractivity contribution in [2.24, 2.45) is 0 Å². The molecule has 2 aliphatic heterocycles. The molecule has 0 radical (unpaired) electrons. The highest BCUT2D eigenvalue weighted by molar-refractivity contribution is 5.70. The minimum Gasteiger partial charge on any atom is -0.462 e. The molecule has 2 heterocycles. The van der Waals surface area contributed by atoms with Crippen molar-refractivity contribution in [1.82, 2.24) is 0 Å². The lowest BCUT2D eigenvalue weighted by molar-refractivity contribution is -0.332. The minimum absolute atomic E-state index is 0.169. The molecule has 11 atom stereocenters. The molecule has 0 bridgehead atoms. The Bertz CT molecular complexity index is 1270. The van der Waals surface area contributed by atoms with Crippen LogP contribution >= 0.6 is 0 Å². The summed E-state index contributed by atoms with van der Waals surface area (Å²) in [5.41, 5.74) is 0. The Labute approximate surface area is 422 Å². The second-order valence-corrected chi connectivity index (χ2v) is 20.1. The number of aliphatic hydroxyl groups excluding tert-OH is 7. The molecule has 2 rings (SSSR count). The molecule has 15 heteroatoms. The molecule has 0 aromatic carbocycles. The number of esters is 2. The molecule has 0 aromatic rings. The van der Waals surface area contributed by atoms with E-state index < -0.39 is 92.7 Å². The number of aliphatic hydroxyl groups is 7. The van der Waals surface area contributed by atoms with Gasteiger partial charge in [0, 0.05) is 12.8 Å². The van der Waals surface area contributed by atoms with E-state index in [0.717, 1.165) is 38.5 Å². The maximum atomic E-state index is 13.0. The Hall–Kier alpha value is -1.76. The standard InChI is InChI=1S/C55H102O15/c1-3-5-7-9-11-13-15-16-17-18-19-20-21-22-23-24-25-26-28-30-32-34-36-38-47(58)68-43(40-65-46(57)37-35-33-31-29-27-14-12-10-8-6-4-2)41-66-54-53(64)51(62)49(60)45(70-54)42-67-55-52(63)50(61)48(59)44(39-56)69-55/h18-19,43-45,48-56,59-64H,3-17,20-42H2,1-2H3/b19-18-. The van der Waals surface area contributed by atoms with Crippen molar-refractivity contribution in [1.29, 1.82) is 0 Å². The summed E-state index contributed by atoms with van der Waals surface area (Å²) in [7, 11) is 0. The molecular weight excluding hydrogens is 901 g/mol. The first kappa shape index (κ1) is 64.4. The Kier molecular flexibility index (Phi) is 39.1. The average Bonchev–Trinajstić information content (AvgIpc) is 3.35. The first-order valence-corrected chi connectivity index (χ1v) is 28.3. The number of ether oxygens (including phenoxy) is 6.